The Hall–Kier alpha value is -3.29. The molecule has 0 saturated carbocycles. The minimum atomic E-state index is -0.873. The summed E-state index contributed by atoms with van der Waals surface area (Å²) in [6, 6.07) is 3.83. The first kappa shape index (κ1) is 16.2. The minimum Gasteiger partial charge on any atom is -0.449 e. The number of carbonyl (C=O) groups excluding carboxylic acids is 1. The quantitative estimate of drug-likeness (QED) is 0.524. The number of fused-ring (bicyclic) bond motifs is 2. The fourth-order valence-electron chi connectivity index (χ4n) is 3.16. The molecule has 0 unspecified atom stereocenters. The third kappa shape index (κ3) is 2.11. The molecule has 0 aliphatic rings. The van der Waals surface area contributed by atoms with Gasteiger partial charge in [-0.25, -0.2) is 14.2 Å². The number of hydrogen-bond donors (Lipinski definition) is 0. The van der Waals surface area contributed by atoms with Gasteiger partial charge >= 0.3 is 6.09 Å². The van der Waals surface area contributed by atoms with Crippen LogP contribution < -0.4 is 5.56 Å². The molecule has 1 aromatic carbocycles. The molecule has 0 amide bonds. The van der Waals surface area contributed by atoms with Gasteiger partial charge in [0.15, 0.2) is 0 Å². The van der Waals surface area contributed by atoms with Gasteiger partial charge in [0.05, 0.1) is 23.0 Å². The van der Waals surface area contributed by atoms with E-state index in [1.54, 1.807) is 6.92 Å². The van der Waals surface area contributed by atoms with Gasteiger partial charge in [-0.05, 0) is 25.1 Å². The average Bonchev–Trinajstić information content (AvgIpc) is 2.84. The summed E-state index contributed by atoms with van der Waals surface area (Å²) in [5, 5.41) is 0.0162. The van der Waals surface area contributed by atoms with Crippen LogP contribution in [-0.4, -0.2) is 26.8 Å². The van der Waals surface area contributed by atoms with Crippen molar-refractivity contribution in [2.45, 2.75) is 6.92 Å². The van der Waals surface area contributed by atoms with Gasteiger partial charge < -0.3 is 9.30 Å². The summed E-state index contributed by atoms with van der Waals surface area (Å²) >= 11 is 0. The van der Waals surface area contributed by atoms with E-state index in [-0.39, 0.29) is 39.2 Å². The molecular formula is C18H13F2N3O3. The van der Waals surface area contributed by atoms with Crippen LogP contribution in [0, 0.1) is 11.8 Å². The summed E-state index contributed by atoms with van der Waals surface area (Å²) in [6.45, 7) is 1.74. The maximum atomic E-state index is 14.8. The van der Waals surface area contributed by atoms with Crippen molar-refractivity contribution < 1.29 is 18.3 Å². The van der Waals surface area contributed by atoms with Crippen molar-refractivity contribution in [2.75, 3.05) is 6.61 Å². The molecule has 0 atom stereocenters. The molecule has 0 bridgehead atoms. The van der Waals surface area contributed by atoms with Crippen molar-refractivity contribution in [1.29, 1.82) is 0 Å². The van der Waals surface area contributed by atoms with Crippen molar-refractivity contribution >= 4 is 38.7 Å². The molecule has 3 aromatic heterocycles. The molecule has 0 fully saturated rings. The average molecular weight is 357 g/mol. The third-order valence-electron chi connectivity index (χ3n) is 4.32. The number of pyridine rings is 2. The number of nitrogens with zero attached hydrogens (tertiary/aromatic N) is 3. The molecule has 132 valence electrons. The Kier molecular flexibility index (Phi) is 3.50. The monoisotopic (exact) mass is 357 g/mol. The summed E-state index contributed by atoms with van der Waals surface area (Å²) in [5.74, 6) is -1.65. The molecule has 6 nitrogen and oxygen atoms in total. The second-order valence-corrected chi connectivity index (χ2v) is 5.82. The van der Waals surface area contributed by atoms with Gasteiger partial charge in [-0.15, -0.1) is 0 Å². The normalized spacial score (nSPS) is 11.5. The fraction of sp³-hybridized carbons (Fsp3) is 0.167. The zero-order chi connectivity index (χ0) is 18.6. The van der Waals surface area contributed by atoms with Crippen LogP contribution in [0.15, 0.2) is 35.4 Å². The Morgan fingerprint density at radius 1 is 1.19 bits per heavy atom. The molecular weight excluding hydrogens is 344 g/mol. The summed E-state index contributed by atoms with van der Waals surface area (Å²) in [4.78, 5) is 29.0. The molecule has 8 heteroatoms. The molecule has 26 heavy (non-hydrogen) atoms. The predicted molar refractivity (Wildman–Crippen MR) is 92.3 cm³/mol. The summed E-state index contributed by atoms with van der Waals surface area (Å²) in [7, 11) is 1.51. The number of halogens is 2. The topological polar surface area (TPSA) is 66.1 Å². The van der Waals surface area contributed by atoms with Gasteiger partial charge in [-0.1, -0.05) is 0 Å². The second-order valence-electron chi connectivity index (χ2n) is 5.82. The lowest BCUT2D eigenvalue weighted by atomic mass is 10.1. The van der Waals surface area contributed by atoms with E-state index in [0.29, 0.717) is 0 Å². The first-order chi connectivity index (χ1) is 12.4. The van der Waals surface area contributed by atoms with E-state index >= 15 is 0 Å². The molecule has 4 aromatic rings. The first-order valence-corrected chi connectivity index (χ1v) is 7.89. The SMILES string of the molecule is CCOC(=O)n1ccc2nc(F)c3cc(F)c4ccn(C)c(=O)c4c1c23. The number of aromatic nitrogens is 3. The highest BCUT2D eigenvalue weighted by molar-refractivity contribution is 6.18. The highest BCUT2D eigenvalue weighted by Gasteiger charge is 2.21. The number of aryl methyl sites for hydroxylation is 1. The maximum absolute atomic E-state index is 14.8. The third-order valence-corrected chi connectivity index (χ3v) is 4.32. The number of carbonyl (C=O) groups is 1. The Morgan fingerprint density at radius 3 is 2.69 bits per heavy atom. The van der Waals surface area contributed by atoms with E-state index < -0.39 is 23.4 Å². The summed E-state index contributed by atoms with van der Waals surface area (Å²) < 4.78 is 36.5. The molecule has 0 saturated heterocycles. The van der Waals surface area contributed by atoms with E-state index in [1.165, 1.54) is 36.1 Å². The van der Waals surface area contributed by atoms with Crippen molar-refractivity contribution in [3.63, 3.8) is 0 Å². The smallest absolute Gasteiger partial charge is 0.418 e. The maximum Gasteiger partial charge on any atom is 0.418 e. The van der Waals surface area contributed by atoms with Crippen LogP contribution in [0.1, 0.15) is 6.92 Å². The second kappa shape index (κ2) is 5.62. The standard InChI is InChI=1S/C18H13F2N3O3/c1-3-26-18(25)23-7-5-12-13-10(16(20)21-12)8-11(19)9-4-6-22(2)17(24)14(9)15(13)23/h4-8H,3H2,1-2H3. The molecule has 0 aliphatic heterocycles. The van der Waals surface area contributed by atoms with Crippen LogP contribution in [0.5, 0.6) is 0 Å². The van der Waals surface area contributed by atoms with Gasteiger partial charge in [-0.3, -0.25) is 9.36 Å². The van der Waals surface area contributed by atoms with Gasteiger partial charge in [-0.2, -0.15) is 4.39 Å². The summed E-state index contributed by atoms with van der Waals surface area (Å²) in [6.07, 6.45) is 2.00. The van der Waals surface area contributed by atoms with E-state index in [1.807, 2.05) is 0 Å². The molecule has 0 radical (unpaired) electrons. The van der Waals surface area contributed by atoms with Gasteiger partial charge in [0.1, 0.15) is 5.82 Å². The zero-order valence-corrected chi connectivity index (χ0v) is 13.9. The lowest BCUT2D eigenvalue weighted by molar-refractivity contribution is 0.155. The van der Waals surface area contributed by atoms with Crippen molar-refractivity contribution in [3.8, 4) is 0 Å². The highest BCUT2D eigenvalue weighted by Crippen LogP contribution is 2.33. The molecule has 0 N–H and O–H groups in total. The Morgan fingerprint density at radius 2 is 1.96 bits per heavy atom. The lowest BCUT2D eigenvalue weighted by Gasteiger charge is -2.10. The van der Waals surface area contributed by atoms with E-state index in [2.05, 4.69) is 4.98 Å². The van der Waals surface area contributed by atoms with Crippen molar-refractivity contribution in [3.05, 3.63) is 52.7 Å². The van der Waals surface area contributed by atoms with Crippen molar-refractivity contribution in [1.82, 2.24) is 14.1 Å². The Labute approximate surface area is 145 Å². The number of hydrogen-bond acceptors (Lipinski definition) is 4. The Balaban J connectivity index is 2.41. The highest BCUT2D eigenvalue weighted by atomic mass is 19.1. The van der Waals surface area contributed by atoms with Gasteiger partial charge in [0.2, 0.25) is 5.95 Å². The van der Waals surface area contributed by atoms with Gasteiger partial charge in [0, 0.05) is 35.6 Å². The van der Waals surface area contributed by atoms with Crippen LogP contribution >= 0.6 is 0 Å². The predicted octanol–water partition coefficient (Wildman–Crippen LogP) is 3.32. The molecule has 3 heterocycles. The van der Waals surface area contributed by atoms with Crippen LogP contribution in [0.4, 0.5) is 13.6 Å². The fourth-order valence-corrected chi connectivity index (χ4v) is 3.16. The van der Waals surface area contributed by atoms with Crippen LogP contribution in [0.25, 0.3) is 32.6 Å². The molecule has 4 rings (SSSR count). The van der Waals surface area contributed by atoms with Crippen LogP contribution in [0.2, 0.25) is 0 Å². The van der Waals surface area contributed by atoms with Crippen LogP contribution in [0.3, 0.4) is 0 Å². The number of ether oxygens (including phenoxy) is 1. The first-order valence-electron chi connectivity index (χ1n) is 7.89. The van der Waals surface area contributed by atoms with Crippen molar-refractivity contribution in [2.24, 2.45) is 7.05 Å². The molecule has 0 aliphatic carbocycles. The molecule has 0 spiro atoms. The van der Waals surface area contributed by atoms with E-state index in [4.69, 9.17) is 4.74 Å². The number of rotatable bonds is 1. The van der Waals surface area contributed by atoms with E-state index in [0.717, 1.165) is 10.6 Å². The van der Waals surface area contributed by atoms with Crippen LogP contribution in [-0.2, 0) is 11.8 Å². The lowest BCUT2D eigenvalue weighted by Crippen LogP contribution is -2.19. The largest absolute Gasteiger partial charge is 0.449 e. The minimum absolute atomic E-state index is 0.0192. The van der Waals surface area contributed by atoms with Gasteiger partial charge in [0.25, 0.3) is 5.56 Å². The summed E-state index contributed by atoms with van der Waals surface area (Å²) in [5.41, 5.74) is -0.241. The van der Waals surface area contributed by atoms with E-state index in [9.17, 15) is 18.4 Å². The Bertz CT molecular complexity index is 1270. The zero-order valence-electron chi connectivity index (χ0n) is 13.9.